The maximum absolute atomic E-state index is 7.32. The summed E-state index contributed by atoms with van der Waals surface area (Å²) in [5, 5.41) is 7.32. The number of hydrogen-bond donors (Lipinski definition) is 2. The minimum absolute atomic E-state index is 0.797. The first kappa shape index (κ1) is 14.6. The van der Waals surface area contributed by atoms with Crippen LogP contribution in [0.1, 0.15) is 25.8 Å². The second kappa shape index (κ2) is 8.89. The summed E-state index contributed by atoms with van der Waals surface area (Å²) in [5.41, 5.74) is 3.19. The zero-order valence-corrected chi connectivity index (χ0v) is 11.2. The number of benzene rings is 1. The van der Waals surface area contributed by atoms with Gasteiger partial charge in [0.2, 0.25) is 0 Å². The molecule has 3 heteroatoms. The van der Waals surface area contributed by atoms with Crippen molar-refractivity contribution in [1.29, 1.82) is 0 Å². The van der Waals surface area contributed by atoms with E-state index >= 15 is 0 Å². The van der Waals surface area contributed by atoms with Gasteiger partial charge >= 0.3 is 0 Å². The maximum atomic E-state index is 7.32. The molecule has 0 saturated heterocycles. The van der Waals surface area contributed by atoms with E-state index in [4.69, 9.17) is 5.21 Å². The van der Waals surface area contributed by atoms with E-state index in [1.54, 1.807) is 5.48 Å². The quantitative estimate of drug-likeness (QED) is 0.825. The zero-order chi connectivity index (χ0) is 11.7. The lowest BCUT2D eigenvalue weighted by atomic mass is 9.99. The Hall–Kier alpha value is -0.380. The normalized spacial score (nSPS) is 11.5. The van der Waals surface area contributed by atoms with Crippen LogP contribution in [-0.2, 0) is 6.42 Å². The van der Waals surface area contributed by atoms with Gasteiger partial charge in [0.05, 0.1) is 0 Å². The van der Waals surface area contributed by atoms with Gasteiger partial charge in [-0.05, 0) is 30.0 Å². The minimum atomic E-state index is 0.797. The van der Waals surface area contributed by atoms with Crippen molar-refractivity contribution < 1.29 is 5.21 Å². The van der Waals surface area contributed by atoms with Gasteiger partial charge in [0, 0.05) is 11.5 Å². The summed E-state index contributed by atoms with van der Waals surface area (Å²) in [7, 11) is 1.43. The van der Waals surface area contributed by atoms with Crippen molar-refractivity contribution in [3.8, 4) is 0 Å². The predicted octanol–water partition coefficient (Wildman–Crippen LogP) is 3.63. The van der Waals surface area contributed by atoms with E-state index in [0.29, 0.717) is 0 Å². The molecule has 0 aliphatic carbocycles. The molecule has 86 valence electrons. The summed E-state index contributed by atoms with van der Waals surface area (Å²) in [6.45, 7) is 4.53. The van der Waals surface area contributed by atoms with Crippen LogP contribution in [0.5, 0.6) is 0 Å². The highest BCUT2D eigenvalue weighted by Gasteiger charge is 1.99. The fraction of sp³-hybridized carbons (Fsp3) is 0.500. The fourth-order valence-corrected chi connectivity index (χ4v) is 1.43. The molecular formula is C12H20BrNO. The topological polar surface area (TPSA) is 32.3 Å². The van der Waals surface area contributed by atoms with Crippen LogP contribution in [0, 0.1) is 5.92 Å². The van der Waals surface area contributed by atoms with E-state index in [1.807, 2.05) is 0 Å². The molecule has 0 aliphatic rings. The van der Waals surface area contributed by atoms with E-state index in [9.17, 15) is 0 Å². The molecular weight excluding hydrogens is 254 g/mol. The van der Waals surface area contributed by atoms with Gasteiger partial charge in [-0.25, -0.2) is 5.48 Å². The summed E-state index contributed by atoms with van der Waals surface area (Å²) in [6.07, 6.45) is 2.46. The molecule has 0 fully saturated rings. The lowest BCUT2D eigenvalue weighted by Crippen LogP contribution is -1.96. The highest BCUT2D eigenvalue weighted by Crippen LogP contribution is 2.14. The van der Waals surface area contributed by atoms with Gasteiger partial charge in [-0.2, -0.15) is 0 Å². The first-order valence-corrected chi connectivity index (χ1v) is 5.98. The predicted molar refractivity (Wildman–Crippen MR) is 68.1 cm³/mol. The van der Waals surface area contributed by atoms with Crippen molar-refractivity contribution >= 4 is 15.9 Å². The Balaban J connectivity index is 0.000000583. The Morgan fingerprint density at radius 3 is 2.20 bits per heavy atom. The number of nitrogens with one attached hydrogen (secondary N) is 1. The molecule has 1 unspecified atom stereocenters. The zero-order valence-electron chi connectivity index (χ0n) is 9.63. The van der Waals surface area contributed by atoms with E-state index in [2.05, 4.69) is 54.0 Å². The summed E-state index contributed by atoms with van der Waals surface area (Å²) in [6, 6.07) is 8.60. The smallest absolute Gasteiger partial charge is 0.0175 e. The Morgan fingerprint density at radius 2 is 1.80 bits per heavy atom. The molecule has 0 bridgehead atoms. The van der Waals surface area contributed by atoms with Gasteiger partial charge in [-0.3, -0.25) is 0 Å². The average molecular weight is 274 g/mol. The Bertz CT molecular complexity index is 248. The monoisotopic (exact) mass is 273 g/mol. The lowest BCUT2D eigenvalue weighted by Gasteiger charge is -2.07. The van der Waals surface area contributed by atoms with Crippen LogP contribution in [0.25, 0.3) is 0 Å². The van der Waals surface area contributed by atoms with Crippen LogP contribution in [-0.4, -0.2) is 12.3 Å². The Morgan fingerprint density at radius 1 is 1.33 bits per heavy atom. The first-order chi connectivity index (χ1) is 7.13. The highest BCUT2D eigenvalue weighted by molar-refractivity contribution is 9.10. The van der Waals surface area contributed by atoms with Gasteiger partial charge < -0.3 is 5.21 Å². The molecule has 1 rings (SSSR count). The number of rotatable bonds is 3. The molecule has 2 N–H and O–H groups in total. The lowest BCUT2D eigenvalue weighted by molar-refractivity contribution is 0.194. The van der Waals surface area contributed by atoms with E-state index in [1.165, 1.54) is 25.5 Å². The van der Waals surface area contributed by atoms with E-state index in [-0.39, 0.29) is 0 Å². The minimum Gasteiger partial charge on any atom is -0.317 e. The van der Waals surface area contributed by atoms with E-state index < -0.39 is 0 Å². The van der Waals surface area contributed by atoms with Crippen molar-refractivity contribution in [1.82, 2.24) is 5.48 Å². The molecule has 1 aromatic rings. The van der Waals surface area contributed by atoms with Crippen molar-refractivity contribution in [3.63, 3.8) is 0 Å². The molecule has 0 aliphatic heterocycles. The molecule has 0 saturated carbocycles. The third-order valence-corrected chi connectivity index (χ3v) is 2.72. The van der Waals surface area contributed by atoms with Gasteiger partial charge in [0.15, 0.2) is 0 Å². The summed E-state index contributed by atoms with van der Waals surface area (Å²) in [4.78, 5) is 0. The summed E-state index contributed by atoms with van der Waals surface area (Å²) in [5.74, 6) is 0.797. The highest BCUT2D eigenvalue weighted by atomic mass is 79.9. The SMILES string of the molecule is CCC(C)Cc1ccc(Br)cc1.CNO. The summed E-state index contributed by atoms with van der Waals surface area (Å²) >= 11 is 3.43. The molecule has 0 radical (unpaired) electrons. The van der Waals surface area contributed by atoms with Gasteiger partial charge in [-0.15, -0.1) is 0 Å². The Kier molecular flexibility index (Phi) is 8.67. The van der Waals surface area contributed by atoms with Crippen molar-refractivity contribution in [3.05, 3.63) is 34.3 Å². The van der Waals surface area contributed by atoms with Crippen LogP contribution in [0.4, 0.5) is 0 Å². The molecule has 0 aromatic heterocycles. The third-order valence-electron chi connectivity index (χ3n) is 2.19. The van der Waals surface area contributed by atoms with Crippen LogP contribution in [0.15, 0.2) is 28.7 Å². The number of hydroxylamine groups is 1. The molecule has 0 amide bonds. The largest absolute Gasteiger partial charge is 0.317 e. The van der Waals surface area contributed by atoms with Crippen LogP contribution in [0.3, 0.4) is 0 Å². The standard InChI is InChI=1S/C11H15Br.CH5NO/c1-3-9(2)8-10-4-6-11(12)7-5-10;1-2-3/h4-7,9H,3,8H2,1-2H3;2-3H,1H3. The third kappa shape index (κ3) is 7.54. The first-order valence-electron chi connectivity index (χ1n) is 5.19. The Labute approximate surface area is 101 Å². The van der Waals surface area contributed by atoms with E-state index in [0.717, 1.165) is 10.4 Å². The molecule has 0 heterocycles. The van der Waals surface area contributed by atoms with Gasteiger partial charge in [0.1, 0.15) is 0 Å². The van der Waals surface area contributed by atoms with Gasteiger partial charge in [-0.1, -0.05) is 48.3 Å². The second-order valence-electron chi connectivity index (χ2n) is 3.57. The van der Waals surface area contributed by atoms with Crippen LogP contribution in [0.2, 0.25) is 0 Å². The second-order valence-corrected chi connectivity index (χ2v) is 4.48. The van der Waals surface area contributed by atoms with Crippen molar-refractivity contribution in [2.45, 2.75) is 26.7 Å². The molecule has 1 aromatic carbocycles. The number of hydrogen-bond acceptors (Lipinski definition) is 2. The summed E-state index contributed by atoms with van der Waals surface area (Å²) < 4.78 is 1.16. The average Bonchev–Trinajstić information content (AvgIpc) is 2.22. The fourth-order valence-electron chi connectivity index (χ4n) is 1.17. The molecule has 2 nitrogen and oxygen atoms in total. The van der Waals surface area contributed by atoms with Crippen LogP contribution >= 0.6 is 15.9 Å². The maximum Gasteiger partial charge on any atom is 0.0175 e. The molecule has 15 heavy (non-hydrogen) atoms. The van der Waals surface area contributed by atoms with Gasteiger partial charge in [0.25, 0.3) is 0 Å². The van der Waals surface area contributed by atoms with Crippen LogP contribution < -0.4 is 5.48 Å². The van der Waals surface area contributed by atoms with Crippen molar-refractivity contribution in [2.75, 3.05) is 7.05 Å². The van der Waals surface area contributed by atoms with Crippen molar-refractivity contribution in [2.24, 2.45) is 5.92 Å². The molecule has 1 atom stereocenters. The molecule has 0 spiro atoms. The number of halogens is 1.